The van der Waals surface area contributed by atoms with Crippen molar-refractivity contribution in [3.05, 3.63) is 35.6 Å². The van der Waals surface area contributed by atoms with E-state index in [0.717, 1.165) is 15.4 Å². The highest BCUT2D eigenvalue weighted by Crippen LogP contribution is 2.46. The van der Waals surface area contributed by atoms with Crippen LogP contribution in [0.1, 0.15) is 52.5 Å². The number of thiazole rings is 1. The number of nitrogens with zero attached hydrogens (tertiary/aromatic N) is 3. The number of amides is 1. The molecule has 1 amide bonds. The molecule has 0 unspecified atom stereocenters. The Labute approximate surface area is 237 Å². The molecule has 3 heterocycles. The minimum absolute atomic E-state index is 0.0365. The number of nitrogens with one attached hydrogen (secondary N) is 2. The first-order chi connectivity index (χ1) is 19.1. The van der Waals surface area contributed by atoms with Gasteiger partial charge in [0.1, 0.15) is 0 Å². The van der Waals surface area contributed by atoms with E-state index >= 15 is 0 Å². The number of benzene rings is 1. The van der Waals surface area contributed by atoms with Crippen molar-refractivity contribution in [1.82, 2.24) is 15.0 Å². The molecule has 2 aromatic heterocycles. The molecule has 0 radical (unpaired) electrons. The van der Waals surface area contributed by atoms with Gasteiger partial charge in [0.15, 0.2) is 11.4 Å². The lowest BCUT2D eigenvalue weighted by Crippen LogP contribution is -2.45. The third-order valence-corrected chi connectivity index (χ3v) is 7.20. The molecular formula is C28H35N5O6S. The summed E-state index contributed by atoms with van der Waals surface area (Å²) >= 11 is 1.47. The van der Waals surface area contributed by atoms with E-state index in [9.17, 15) is 14.7 Å². The number of rotatable bonds is 12. The quantitative estimate of drug-likeness (QED) is 0.262. The number of aryl methyl sites for hydroxylation is 1. The summed E-state index contributed by atoms with van der Waals surface area (Å²) in [7, 11) is 0. The van der Waals surface area contributed by atoms with E-state index in [1.54, 1.807) is 45.3 Å². The number of fused-ring (bicyclic) bond motifs is 1. The van der Waals surface area contributed by atoms with E-state index in [-0.39, 0.29) is 24.6 Å². The highest BCUT2D eigenvalue weighted by Gasteiger charge is 2.37. The van der Waals surface area contributed by atoms with Gasteiger partial charge in [-0.05, 0) is 59.6 Å². The topological polar surface area (TPSA) is 145 Å². The number of anilines is 3. The van der Waals surface area contributed by atoms with Gasteiger partial charge in [0.25, 0.3) is 5.91 Å². The molecule has 214 valence electrons. The number of carbonyl (C=O) groups excluding carboxylic acids is 2. The summed E-state index contributed by atoms with van der Waals surface area (Å²) in [6.45, 7) is 9.23. The smallest absolute Gasteiger partial charge is 0.309 e. The van der Waals surface area contributed by atoms with Gasteiger partial charge >= 0.3 is 5.97 Å². The Kier molecular flexibility index (Phi) is 9.21. The second-order valence-corrected chi connectivity index (χ2v) is 11.2. The van der Waals surface area contributed by atoms with Crippen LogP contribution in [0.5, 0.6) is 11.6 Å². The van der Waals surface area contributed by atoms with Crippen LogP contribution in [0.3, 0.4) is 0 Å². The molecule has 0 aliphatic carbocycles. The maximum absolute atomic E-state index is 12.7. The Morgan fingerprint density at radius 3 is 2.77 bits per heavy atom. The predicted molar refractivity (Wildman–Crippen MR) is 152 cm³/mol. The Hall–Kier alpha value is -3.77. The molecule has 0 spiro atoms. The summed E-state index contributed by atoms with van der Waals surface area (Å²) in [4.78, 5) is 39.1. The number of aliphatic hydroxyl groups excluding tert-OH is 1. The van der Waals surface area contributed by atoms with Gasteiger partial charge in [-0.3, -0.25) is 9.59 Å². The molecular weight excluding hydrogens is 534 g/mol. The van der Waals surface area contributed by atoms with E-state index in [4.69, 9.17) is 14.2 Å². The van der Waals surface area contributed by atoms with Crippen molar-refractivity contribution in [3.8, 4) is 22.1 Å². The fourth-order valence-corrected chi connectivity index (χ4v) is 5.09. The fraction of sp³-hybridized carbons (Fsp3) is 0.464. The van der Waals surface area contributed by atoms with E-state index in [0.29, 0.717) is 54.8 Å². The highest BCUT2D eigenvalue weighted by atomic mass is 32.1. The van der Waals surface area contributed by atoms with Crippen LogP contribution in [0.25, 0.3) is 10.4 Å². The Morgan fingerprint density at radius 2 is 2.05 bits per heavy atom. The summed E-state index contributed by atoms with van der Waals surface area (Å²) in [5.41, 5.74) is 0.828. The van der Waals surface area contributed by atoms with E-state index in [1.165, 1.54) is 11.3 Å². The number of hydrogen-bond donors (Lipinski definition) is 3. The number of esters is 1. The molecule has 0 saturated carbocycles. The first-order valence-electron chi connectivity index (χ1n) is 13.3. The molecule has 4 rings (SSSR count). The maximum atomic E-state index is 12.7. The molecule has 0 bridgehead atoms. The number of carbonyl (C=O) groups is 2. The number of hydrogen-bond acceptors (Lipinski definition) is 11. The third kappa shape index (κ3) is 7.05. The van der Waals surface area contributed by atoms with Crippen LogP contribution in [0, 0.1) is 5.92 Å². The normalized spacial score (nSPS) is 14.6. The van der Waals surface area contributed by atoms with Crippen molar-refractivity contribution in [1.29, 1.82) is 0 Å². The predicted octanol–water partition coefficient (Wildman–Crippen LogP) is 4.73. The molecule has 12 heteroatoms. The molecule has 0 fully saturated rings. The zero-order chi connectivity index (χ0) is 28.9. The van der Waals surface area contributed by atoms with Crippen LogP contribution in [0.2, 0.25) is 0 Å². The van der Waals surface area contributed by atoms with Gasteiger partial charge < -0.3 is 30.0 Å². The van der Waals surface area contributed by atoms with Crippen LogP contribution in [-0.4, -0.2) is 56.9 Å². The molecule has 3 aromatic rings. The van der Waals surface area contributed by atoms with Gasteiger partial charge in [-0.1, -0.05) is 0 Å². The summed E-state index contributed by atoms with van der Waals surface area (Å²) in [6.07, 6.45) is 4.73. The molecule has 1 atom stereocenters. The Morgan fingerprint density at radius 1 is 1.25 bits per heavy atom. The van der Waals surface area contributed by atoms with Crippen LogP contribution in [0.4, 0.5) is 17.3 Å². The molecule has 40 heavy (non-hydrogen) atoms. The molecule has 1 aliphatic rings. The zero-order valence-electron chi connectivity index (χ0n) is 23.3. The van der Waals surface area contributed by atoms with Gasteiger partial charge in [-0.15, -0.1) is 11.3 Å². The molecule has 1 aromatic carbocycles. The van der Waals surface area contributed by atoms with Crippen molar-refractivity contribution < 1.29 is 28.9 Å². The Balaban J connectivity index is 1.63. The largest absolute Gasteiger partial charge is 0.475 e. The number of aromatic nitrogens is 3. The second kappa shape index (κ2) is 12.6. The zero-order valence-corrected chi connectivity index (χ0v) is 24.1. The first-order valence-corrected chi connectivity index (χ1v) is 14.1. The van der Waals surface area contributed by atoms with E-state index in [1.807, 2.05) is 19.9 Å². The number of aliphatic hydroxyl groups is 1. The molecule has 1 aliphatic heterocycles. The van der Waals surface area contributed by atoms with Crippen LogP contribution in [-0.2, 0) is 20.7 Å². The fourth-order valence-electron chi connectivity index (χ4n) is 4.14. The van der Waals surface area contributed by atoms with Crippen molar-refractivity contribution in [2.75, 3.05) is 23.8 Å². The highest BCUT2D eigenvalue weighted by molar-refractivity contribution is 7.15. The lowest BCUT2D eigenvalue weighted by Gasteiger charge is -2.33. The second-order valence-electron chi connectivity index (χ2n) is 10.1. The molecule has 11 nitrogen and oxygen atoms in total. The van der Waals surface area contributed by atoms with Crippen molar-refractivity contribution >= 4 is 40.5 Å². The van der Waals surface area contributed by atoms with Gasteiger partial charge in [0, 0.05) is 42.7 Å². The lowest BCUT2D eigenvalue weighted by molar-refractivity contribution is -0.148. The van der Waals surface area contributed by atoms with Crippen molar-refractivity contribution in [2.45, 2.75) is 65.6 Å². The lowest BCUT2D eigenvalue weighted by atomic mass is 10.0. The minimum atomic E-state index is -1.06. The third-order valence-electron chi connectivity index (χ3n) is 6.11. The van der Waals surface area contributed by atoms with Gasteiger partial charge in [-0.2, -0.15) is 4.98 Å². The van der Waals surface area contributed by atoms with E-state index in [2.05, 4.69) is 25.6 Å². The SMILES string of the molecule is CCOC(=O)[C@@H](CCO)CCc1ncc(-c2cc(Nc3nccc(OC(C)C)n3)cc3c2OC(C)(C)C(=O)N3)s1. The number of ether oxygens (including phenoxy) is 3. The standard InChI is InChI=1S/C28H35N5O6S/c1-6-37-25(35)17(10-12-34)7-8-23-30-15-21(40-23)19-13-18(14-20-24(19)39-28(4,5)26(36)32-20)31-27-29-11-9-22(33-27)38-16(2)3/h9,11,13-17,34H,6-8,10,12H2,1-5H3,(H,32,36)(H,29,31,33)/t17-/m1/s1. The molecule has 3 N–H and O–H groups in total. The Bertz CT molecular complexity index is 1360. The average Bonchev–Trinajstić information content (AvgIpc) is 3.36. The van der Waals surface area contributed by atoms with Crippen LogP contribution in [0.15, 0.2) is 30.6 Å². The summed E-state index contributed by atoms with van der Waals surface area (Å²) in [5, 5.41) is 16.4. The van der Waals surface area contributed by atoms with Crippen molar-refractivity contribution in [2.24, 2.45) is 5.92 Å². The monoisotopic (exact) mass is 569 g/mol. The molecule has 0 saturated heterocycles. The van der Waals surface area contributed by atoms with Gasteiger partial charge in [0.05, 0.1) is 34.2 Å². The average molecular weight is 570 g/mol. The minimum Gasteiger partial charge on any atom is -0.475 e. The van der Waals surface area contributed by atoms with Crippen LogP contribution >= 0.6 is 11.3 Å². The first kappa shape index (κ1) is 29.2. The van der Waals surface area contributed by atoms with Crippen LogP contribution < -0.4 is 20.1 Å². The maximum Gasteiger partial charge on any atom is 0.309 e. The van der Waals surface area contributed by atoms with Gasteiger partial charge in [0.2, 0.25) is 11.8 Å². The summed E-state index contributed by atoms with van der Waals surface area (Å²) in [5.74, 6) is 0.355. The summed E-state index contributed by atoms with van der Waals surface area (Å²) in [6, 6.07) is 5.35. The summed E-state index contributed by atoms with van der Waals surface area (Å²) < 4.78 is 17.0. The van der Waals surface area contributed by atoms with E-state index < -0.39 is 11.5 Å². The van der Waals surface area contributed by atoms with Crippen molar-refractivity contribution in [3.63, 3.8) is 0 Å². The van der Waals surface area contributed by atoms with Gasteiger partial charge in [-0.25, -0.2) is 9.97 Å².